The average molecular weight is 601 g/mol. The van der Waals surface area contributed by atoms with Gasteiger partial charge in [0, 0.05) is 30.9 Å². The molecule has 0 bridgehead atoms. The Kier molecular flexibility index (Phi) is 8.33. The van der Waals surface area contributed by atoms with Gasteiger partial charge in [-0.2, -0.15) is 0 Å². The first kappa shape index (κ1) is 29.1. The second-order valence-corrected chi connectivity index (χ2v) is 11.5. The van der Waals surface area contributed by atoms with Gasteiger partial charge in [0.2, 0.25) is 5.82 Å². The van der Waals surface area contributed by atoms with Crippen LogP contribution in [0.3, 0.4) is 0 Å². The minimum absolute atomic E-state index is 0.575. The van der Waals surface area contributed by atoms with Crippen molar-refractivity contribution < 1.29 is 0 Å². The van der Waals surface area contributed by atoms with E-state index < -0.39 is 5.54 Å². The molecule has 0 fully saturated rings. The van der Waals surface area contributed by atoms with E-state index in [9.17, 15) is 0 Å². The smallest absolute Gasteiger partial charge is 0.205 e. The van der Waals surface area contributed by atoms with Crippen molar-refractivity contribution in [1.29, 1.82) is 0 Å². The highest BCUT2D eigenvalue weighted by Crippen LogP contribution is 2.40. The van der Waals surface area contributed by atoms with E-state index in [4.69, 9.17) is 15.4 Å². The molecule has 0 aliphatic rings. The summed E-state index contributed by atoms with van der Waals surface area (Å²) in [6, 6.07) is 48.3. The van der Waals surface area contributed by atoms with Gasteiger partial charge in [0.15, 0.2) is 5.54 Å². The number of aryl methyl sites for hydroxylation is 1. The van der Waals surface area contributed by atoms with Gasteiger partial charge in [-0.15, -0.1) is 15.0 Å². The van der Waals surface area contributed by atoms with Crippen LogP contribution in [0.5, 0.6) is 0 Å². The molecule has 2 heterocycles. The van der Waals surface area contributed by atoms with E-state index >= 15 is 0 Å². The van der Waals surface area contributed by atoms with Crippen LogP contribution in [0.2, 0.25) is 0 Å². The third-order valence-corrected chi connectivity index (χ3v) is 8.63. The lowest BCUT2D eigenvalue weighted by Gasteiger charge is -2.34. The summed E-state index contributed by atoms with van der Waals surface area (Å²) in [7, 11) is 0. The topological polar surface area (TPSA) is 61.4 Å². The van der Waals surface area contributed by atoms with Crippen LogP contribution in [-0.4, -0.2) is 29.8 Å². The fourth-order valence-electron chi connectivity index (χ4n) is 6.31. The van der Waals surface area contributed by atoms with Crippen molar-refractivity contribution in [3.63, 3.8) is 0 Å². The zero-order chi connectivity index (χ0) is 31.2. The summed E-state index contributed by atoms with van der Waals surface area (Å²) >= 11 is 0. The maximum Gasteiger partial charge on any atom is 0.205 e. The summed E-state index contributed by atoms with van der Waals surface area (Å²) in [6.45, 7) is 3.02. The van der Waals surface area contributed by atoms with Gasteiger partial charge in [0.1, 0.15) is 5.82 Å². The van der Waals surface area contributed by atoms with E-state index in [0.717, 1.165) is 65.0 Å². The number of aromatic nitrogens is 6. The van der Waals surface area contributed by atoms with Gasteiger partial charge in [-0.25, -0.2) is 4.98 Å². The number of hydrogen-bond donors (Lipinski definition) is 0. The molecule has 0 saturated carbocycles. The molecule has 0 aliphatic carbocycles. The number of hydrogen-bond acceptors (Lipinski definition) is 4. The first-order chi connectivity index (χ1) is 22.8. The first-order valence-electron chi connectivity index (χ1n) is 15.9. The molecular formula is C40H36N6. The maximum absolute atomic E-state index is 5.15. The lowest BCUT2D eigenvalue weighted by atomic mass is 9.77. The van der Waals surface area contributed by atoms with Crippen molar-refractivity contribution >= 4 is 0 Å². The van der Waals surface area contributed by atoms with Crippen molar-refractivity contribution in [1.82, 2.24) is 29.8 Å². The summed E-state index contributed by atoms with van der Waals surface area (Å²) < 4.78 is 2.25. The van der Waals surface area contributed by atoms with Crippen LogP contribution in [0.25, 0.3) is 22.5 Å². The molecule has 46 heavy (non-hydrogen) atoms. The zero-order valence-corrected chi connectivity index (χ0v) is 25.9. The van der Waals surface area contributed by atoms with Gasteiger partial charge in [0.05, 0.1) is 0 Å². The van der Waals surface area contributed by atoms with Gasteiger partial charge < -0.3 is 4.57 Å². The van der Waals surface area contributed by atoms with Gasteiger partial charge in [-0.3, -0.25) is 0 Å². The third kappa shape index (κ3) is 5.54. The van der Waals surface area contributed by atoms with Crippen LogP contribution in [0.4, 0.5) is 0 Å². The highest BCUT2D eigenvalue weighted by atomic mass is 15.6. The summed E-state index contributed by atoms with van der Waals surface area (Å²) in [5.41, 5.74) is 6.66. The Morgan fingerprint density at radius 1 is 0.630 bits per heavy atom. The predicted molar refractivity (Wildman–Crippen MR) is 183 cm³/mol. The Labute approximate surface area is 270 Å². The lowest BCUT2D eigenvalue weighted by Crippen LogP contribution is -2.39. The molecule has 5 aromatic carbocycles. The molecule has 0 radical (unpaired) electrons. The summed E-state index contributed by atoms with van der Waals surface area (Å²) in [5, 5.41) is 14.6. The number of benzene rings is 5. The maximum atomic E-state index is 5.15. The Balaban J connectivity index is 1.28. The molecule has 6 heteroatoms. The fraction of sp³-hybridized carbons (Fsp3) is 0.150. The molecule has 7 rings (SSSR count). The molecular weight excluding hydrogens is 564 g/mol. The van der Waals surface area contributed by atoms with Crippen LogP contribution >= 0.6 is 0 Å². The average Bonchev–Trinajstić information content (AvgIpc) is 3.80. The molecule has 2 aromatic heterocycles. The fourth-order valence-corrected chi connectivity index (χ4v) is 6.31. The van der Waals surface area contributed by atoms with E-state index in [0.29, 0.717) is 5.82 Å². The minimum atomic E-state index is -0.824. The number of imidazole rings is 1. The minimum Gasteiger partial charge on any atom is -0.331 e. The highest BCUT2D eigenvalue weighted by Gasteiger charge is 2.41. The normalized spacial score (nSPS) is 11.5. The highest BCUT2D eigenvalue weighted by molar-refractivity contribution is 5.80. The molecule has 6 nitrogen and oxygen atoms in total. The predicted octanol–water partition coefficient (Wildman–Crippen LogP) is 8.43. The zero-order valence-electron chi connectivity index (χ0n) is 25.9. The largest absolute Gasteiger partial charge is 0.331 e. The Hall–Kier alpha value is -5.62. The van der Waals surface area contributed by atoms with Crippen LogP contribution in [0.1, 0.15) is 47.8 Å². The standard InChI is InChI=1S/C40H36N6/c1-2-3-23-38-41-28-29-45(38)30-31-24-26-32(27-25-31)36-21-13-14-22-37(36)39-42-44-46(43-39)40(33-15-7-4-8-16-33,34-17-9-5-10-18-34)35-19-11-6-12-20-35/h4-22,24-29H,2-3,23,30H2,1H3. The van der Waals surface area contributed by atoms with Crippen LogP contribution in [0.15, 0.2) is 152 Å². The molecule has 7 aromatic rings. The third-order valence-electron chi connectivity index (χ3n) is 8.63. The second kappa shape index (κ2) is 13.2. The van der Waals surface area contributed by atoms with Crippen molar-refractivity contribution in [2.45, 2.75) is 38.3 Å². The van der Waals surface area contributed by atoms with E-state index in [1.54, 1.807) is 4.80 Å². The van der Waals surface area contributed by atoms with E-state index in [-0.39, 0.29) is 0 Å². The lowest BCUT2D eigenvalue weighted by molar-refractivity contribution is 0.396. The van der Waals surface area contributed by atoms with E-state index in [1.807, 2.05) is 30.5 Å². The number of nitrogens with zero attached hydrogens (tertiary/aromatic N) is 6. The summed E-state index contributed by atoms with van der Waals surface area (Å²) in [5.74, 6) is 1.72. The number of rotatable bonds is 11. The van der Waals surface area contributed by atoms with Gasteiger partial charge >= 0.3 is 0 Å². The molecule has 0 atom stereocenters. The molecule has 0 saturated heterocycles. The van der Waals surface area contributed by atoms with Crippen molar-refractivity contribution in [3.8, 4) is 22.5 Å². The van der Waals surface area contributed by atoms with Crippen LogP contribution in [0, 0.1) is 0 Å². The molecule has 0 spiro atoms. The summed E-state index contributed by atoms with van der Waals surface area (Å²) in [4.78, 5) is 6.36. The monoisotopic (exact) mass is 600 g/mol. The van der Waals surface area contributed by atoms with Gasteiger partial charge in [0.25, 0.3) is 0 Å². The van der Waals surface area contributed by atoms with Gasteiger partial charge in [-0.1, -0.05) is 153 Å². The second-order valence-electron chi connectivity index (χ2n) is 11.5. The Morgan fingerprint density at radius 3 is 1.78 bits per heavy atom. The van der Waals surface area contributed by atoms with Crippen LogP contribution in [-0.2, 0) is 18.5 Å². The molecule has 0 N–H and O–H groups in total. The SMILES string of the molecule is CCCCc1nccn1Cc1ccc(-c2ccccc2-c2nnn(C(c3ccccc3)(c3ccccc3)c3ccccc3)n2)cc1. The Morgan fingerprint density at radius 2 is 1.20 bits per heavy atom. The van der Waals surface area contributed by atoms with Crippen molar-refractivity contribution in [2.24, 2.45) is 0 Å². The first-order valence-corrected chi connectivity index (χ1v) is 15.9. The van der Waals surface area contributed by atoms with E-state index in [1.165, 1.54) is 5.56 Å². The Bertz CT molecular complexity index is 1900. The molecule has 0 aliphatic heterocycles. The van der Waals surface area contributed by atoms with Crippen LogP contribution < -0.4 is 0 Å². The molecule has 0 amide bonds. The number of tetrazole rings is 1. The summed E-state index contributed by atoms with van der Waals surface area (Å²) in [6.07, 6.45) is 7.29. The van der Waals surface area contributed by atoms with Crippen molar-refractivity contribution in [3.05, 3.63) is 180 Å². The number of unbranched alkanes of at least 4 members (excludes halogenated alkanes) is 1. The quantitative estimate of drug-likeness (QED) is 0.140. The molecule has 226 valence electrons. The molecule has 0 unspecified atom stereocenters. The van der Waals surface area contributed by atoms with Crippen molar-refractivity contribution in [2.75, 3.05) is 0 Å². The van der Waals surface area contributed by atoms with E-state index in [2.05, 4.69) is 138 Å². The van der Waals surface area contributed by atoms with Gasteiger partial charge in [-0.05, 0) is 45.0 Å².